The molecule has 1 atom stereocenters. The standard InChI is InChI=1S/C14H16BrNOS/c1-9-8-10(17-3)4-5-11(9)13(16-2)14-12(15)6-7-18-14/h4-8,13,16H,1-3H3. The monoisotopic (exact) mass is 325 g/mol. The molecule has 0 aliphatic rings. The van der Waals surface area contributed by atoms with E-state index in [1.165, 1.54) is 16.0 Å². The maximum Gasteiger partial charge on any atom is 0.119 e. The number of hydrogen-bond acceptors (Lipinski definition) is 3. The van der Waals surface area contributed by atoms with Gasteiger partial charge >= 0.3 is 0 Å². The molecule has 96 valence electrons. The molecule has 0 saturated heterocycles. The smallest absolute Gasteiger partial charge is 0.119 e. The minimum absolute atomic E-state index is 0.213. The zero-order valence-corrected chi connectivity index (χ0v) is 13.1. The number of benzene rings is 1. The Morgan fingerprint density at radius 2 is 2.11 bits per heavy atom. The van der Waals surface area contributed by atoms with Gasteiger partial charge in [-0.05, 0) is 64.6 Å². The molecule has 0 bridgehead atoms. The van der Waals surface area contributed by atoms with Gasteiger partial charge in [-0.2, -0.15) is 0 Å². The molecule has 18 heavy (non-hydrogen) atoms. The summed E-state index contributed by atoms with van der Waals surface area (Å²) in [5, 5.41) is 5.48. The molecule has 0 spiro atoms. The van der Waals surface area contributed by atoms with Crippen LogP contribution in [0.4, 0.5) is 0 Å². The lowest BCUT2D eigenvalue weighted by atomic mass is 10.00. The molecule has 0 aliphatic carbocycles. The van der Waals surface area contributed by atoms with Crippen LogP contribution in [-0.2, 0) is 0 Å². The highest BCUT2D eigenvalue weighted by Crippen LogP contribution is 2.35. The maximum absolute atomic E-state index is 5.25. The first-order valence-electron chi connectivity index (χ1n) is 5.72. The van der Waals surface area contributed by atoms with Crippen molar-refractivity contribution < 1.29 is 4.74 Å². The molecule has 4 heteroatoms. The Labute approximate surface area is 120 Å². The fourth-order valence-electron chi connectivity index (χ4n) is 2.04. The molecule has 0 radical (unpaired) electrons. The van der Waals surface area contributed by atoms with Crippen molar-refractivity contribution in [2.75, 3.05) is 14.2 Å². The zero-order chi connectivity index (χ0) is 13.1. The molecule has 2 nitrogen and oxygen atoms in total. The van der Waals surface area contributed by atoms with Crippen LogP contribution >= 0.6 is 27.3 Å². The van der Waals surface area contributed by atoms with Crippen LogP contribution in [-0.4, -0.2) is 14.2 Å². The van der Waals surface area contributed by atoms with E-state index in [0.717, 1.165) is 10.2 Å². The summed E-state index contributed by atoms with van der Waals surface area (Å²) in [4.78, 5) is 1.30. The third-order valence-electron chi connectivity index (χ3n) is 2.98. The Bertz CT molecular complexity index is 538. The lowest BCUT2D eigenvalue weighted by Crippen LogP contribution is -2.18. The molecule has 1 unspecified atom stereocenters. The van der Waals surface area contributed by atoms with E-state index in [0.29, 0.717) is 0 Å². The van der Waals surface area contributed by atoms with Gasteiger partial charge in [0.05, 0.1) is 13.2 Å². The topological polar surface area (TPSA) is 21.3 Å². The van der Waals surface area contributed by atoms with E-state index >= 15 is 0 Å². The molecule has 2 rings (SSSR count). The van der Waals surface area contributed by atoms with Gasteiger partial charge in [-0.25, -0.2) is 0 Å². The fourth-order valence-corrected chi connectivity index (χ4v) is 3.77. The van der Waals surface area contributed by atoms with E-state index in [1.807, 2.05) is 13.1 Å². The van der Waals surface area contributed by atoms with Crippen LogP contribution in [0, 0.1) is 6.92 Å². The van der Waals surface area contributed by atoms with Crippen LogP contribution in [0.2, 0.25) is 0 Å². The molecule has 0 aliphatic heterocycles. The van der Waals surface area contributed by atoms with Crippen molar-refractivity contribution in [3.05, 3.63) is 50.1 Å². The van der Waals surface area contributed by atoms with Crippen LogP contribution in [0.3, 0.4) is 0 Å². The van der Waals surface area contributed by atoms with Crippen molar-refractivity contribution in [2.24, 2.45) is 0 Å². The fraction of sp³-hybridized carbons (Fsp3) is 0.286. The Morgan fingerprint density at radius 3 is 2.61 bits per heavy atom. The molecular weight excluding hydrogens is 310 g/mol. The van der Waals surface area contributed by atoms with E-state index in [4.69, 9.17) is 4.74 Å². The van der Waals surface area contributed by atoms with E-state index < -0.39 is 0 Å². The maximum atomic E-state index is 5.25. The molecule has 0 amide bonds. The number of halogens is 1. The average molecular weight is 326 g/mol. The van der Waals surface area contributed by atoms with Gasteiger partial charge < -0.3 is 10.1 Å². The third-order valence-corrected chi connectivity index (χ3v) is 4.92. The molecule has 2 aromatic rings. The molecule has 0 fully saturated rings. The van der Waals surface area contributed by atoms with Crippen molar-refractivity contribution in [1.29, 1.82) is 0 Å². The van der Waals surface area contributed by atoms with Crippen molar-refractivity contribution in [3.8, 4) is 5.75 Å². The first-order valence-corrected chi connectivity index (χ1v) is 7.39. The molecule has 1 heterocycles. The van der Waals surface area contributed by atoms with E-state index in [9.17, 15) is 0 Å². The summed E-state index contributed by atoms with van der Waals surface area (Å²) in [6.45, 7) is 2.11. The molecule has 0 saturated carbocycles. The Kier molecular flexibility index (Phi) is 4.43. The quantitative estimate of drug-likeness (QED) is 0.912. The molecule has 1 N–H and O–H groups in total. The summed E-state index contributed by atoms with van der Waals surface area (Å²) >= 11 is 5.36. The van der Waals surface area contributed by atoms with Crippen LogP contribution in [0.15, 0.2) is 34.1 Å². The highest BCUT2D eigenvalue weighted by atomic mass is 79.9. The predicted octanol–water partition coefficient (Wildman–Crippen LogP) is 4.14. The highest BCUT2D eigenvalue weighted by Gasteiger charge is 2.18. The average Bonchev–Trinajstić information content (AvgIpc) is 2.78. The Balaban J connectivity index is 2.42. The number of methoxy groups -OCH3 is 1. The summed E-state index contributed by atoms with van der Waals surface area (Å²) in [5.74, 6) is 0.899. The van der Waals surface area contributed by atoms with Crippen LogP contribution in [0.5, 0.6) is 5.75 Å². The van der Waals surface area contributed by atoms with Gasteiger partial charge in [-0.3, -0.25) is 0 Å². The summed E-state index contributed by atoms with van der Waals surface area (Å²) in [6.07, 6.45) is 0. The van der Waals surface area contributed by atoms with Gasteiger partial charge in [0.1, 0.15) is 5.75 Å². The van der Waals surface area contributed by atoms with Gasteiger partial charge in [0.2, 0.25) is 0 Å². The van der Waals surface area contributed by atoms with Gasteiger partial charge in [-0.1, -0.05) is 6.07 Å². The van der Waals surface area contributed by atoms with Gasteiger partial charge in [0.25, 0.3) is 0 Å². The van der Waals surface area contributed by atoms with Gasteiger partial charge in [0.15, 0.2) is 0 Å². The number of aryl methyl sites for hydroxylation is 1. The van der Waals surface area contributed by atoms with Gasteiger partial charge in [0, 0.05) is 9.35 Å². The number of ether oxygens (including phenoxy) is 1. The second-order valence-corrected chi connectivity index (χ2v) is 5.88. The van der Waals surface area contributed by atoms with E-state index in [1.54, 1.807) is 18.4 Å². The summed E-state index contributed by atoms with van der Waals surface area (Å²) in [5.41, 5.74) is 2.51. The van der Waals surface area contributed by atoms with Crippen LogP contribution in [0.1, 0.15) is 22.0 Å². The number of rotatable bonds is 4. The lowest BCUT2D eigenvalue weighted by Gasteiger charge is -2.19. The largest absolute Gasteiger partial charge is 0.497 e. The summed E-state index contributed by atoms with van der Waals surface area (Å²) in [7, 11) is 3.68. The SMILES string of the molecule is CNC(c1ccc(OC)cc1C)c1sccc1Br. The number of hydrogen-bond donors (Lipinski definition) is 1. The third kappa shape index (κ3) is 2.60. The van der Waals surface area contributed by atoms with Crippen molar-refractivity contribution in [1.82, 2.24) is 5.32 Å². The van der Waals surface area contributed by atoms with Crippen molar-refractivity contribution in [3.63, 3.8) is 0 Å². The van der Waals surface area contributed by atoms with E-state index in [2.05, 4.69) is 51.7 Å². The first-order chi connectivity index (χ1) is 8.67. The second kappa shape index (κ2) is 5.87. The predicted molar refractivity (Wildman–Crippen MR) is 80.7 cm³/mol. The lowest BCUT2D eigenvalue weighted by molar-refractivity contribution is 0.414. The summed E-state index contributed by atoms with van der Waals surface area (Å²) in [6, 6.07) is 8.50. The van der Waals surface area contributed by atoms with Gasteiger partial charge in [-0.15, -0.1) is 11.3 Å². The number of nitrogens with one attached hydrogen (secondary N) is 1. The molecule has 1 aromatic carbocycles. The van der Waals surface area contributed by atoms with Crippen LogP contribution < -0.4 is 10.1 Å². The van der Waals surface area contributed by atoms with Crippen molar-refractivity contribution in [2.45, 2.75) is 13.0 Å². The van der Waals surface area contributed by atoms with Crippen LogP contribution in [0.25, 0.3) is 0 Å². The molecule has 1 aromatic heterocycles. The second-order valence-electron chi connectivity index (χ2n) is 4.08. The normalized spacial score (nSPS) is 12.4. The van der Waals surface area contributed by atoms with E-state index in [-0.39, 0.29) is 6.04 Å². The highest BCUT2D eigenvalue weighted by molar-refractivity contribution is 9.10. The first kappa shape index (κ1) is 13.6. The zero-order valence-electron chi connectivity index (χ0n) is 10.7. The number of thiophene rings is 1. The minimum Gasteiger partial charge on any atom is -0.497 e. The van der Waals surface area contributed by atoms with Crippen molar-refractivity contribution >= 4 is 27.3 Å². The Hall–Kier alpha value is -0.840. The Morgan fingerprint density at radius 1 is 1.33 bits per heavy atom. The molecular formula is C14H16BrNOS. The summed E-state index contributed by atoms with van der Waals surface area (Å²) < 4.78 is 6.41. The minimum atomic E-state index is 0.213.